The molecule has 0 amide bonds. The lowest BCUT2D eigenvalue weighted by molar-refractivity contribution is 0.589. The Balaban J connectivity index is 0.00000112. The topological polar surface area (TPSA) is 15.3 Å². The number of anilines is 1. The van der Waals surface area contributed by atoms with Crippen molar-refractivity contribution in [1.29, 1.82) is 0 Å². The first-order chi connectivity index (χ1) is 6.90. The first-order valence-corrected chi connectivity index (χ1v) is 6.22. The van der Waals surface area contributed by atoms with Crippen molar-refractivity contribution < 1.29 is 0 Å². The van der Waals surface area contributed by atoms with E-state index in [2.05, 4.69) is 40.7 Å². The van der Waals surface area contributed by atoms with E-state index < -0.39 is 0 Å². The predicted molar refractivity (Wildman–Crippen MR) is 77.8 cm³/mol. The zero-order valence-corrected chi connectivity index (χ0v) is 11.8. The molecule has 1 aromatic carbocycles. The van der Waals surface area contributed by atoms with Crippen molar-refractivity contribution >= 4 is 42.3 Å². The Morgan fingerprint density at radius 3 is 2.50 bits per heavy atom. The van der Waals surface area contributed by atoms with Gasteiger partial charge in [0.2, 0.25) is 0 Å². The summed E-state index contributed by atoms with van der Waals surface area (Å²) < 4.78 is 0. The van der Waals surface area contributed by atoms with Gasteiger partial charge in [0.05, 0.1) is 0 Å². The number of piperazine rings is 1. The highest BCUT2D eigenvalue weighted by atomic mass is 35.5. The van der Waals surface area contributed by atoms with Crippen LogP contribution in [-0.4, -0.2) is 32.4 Å². The lowest BCUT2D eigenvalue weighted by Gasteiger charge is -2.29. The maximum absolute atomic E-state index is 3.37. The van der Waals surface area contributed by atoms with Gasteiger partial charge in [-0.3, -0.25) is 0 Å². The fourth-order valence-corrected chi connectivity index (χ4v) is 2.18. The van der Waals surface area contributed by atoms with Crippen LogP contribution in [0.1, 0.15) is 0 Å². The molecule has 0 radical (unpaired) electrons. The van der Waals surface area contributed by atoms with Crippen molar-refractivity contribution in [2.24, 2.45) is 0 Å². The summed E-state index contributed by atoms with van der Waals surface area (Å²) in [6.07, 6.45) is 2.12. The number of rotatable bonds is 2. The molecule has 0 aliphatic carbocycles. The molecular formula is C11H18Cl2N2S. The molecule has 1 saturated heterocycles. The minimum Gasteiger partial charge on any atom is -0.369 e. The molecule has 0 saturated carbocycles. The van der Waals surface area contributed by atoms with Crippen LogP contribution in [0, 0.1) is 0 Å². The van der Waals surface area contributed by atoms with E-state index in [1.54, 1.807) is 11.8 Å². The van der Waals surface area contributed by atoms with Crippen LogP contribution in [0.15, 0.2) is 29.2 Å². The van der Waals surface area contributed by atoms with E-state index in [0.29, 0.717) is 0 Å². The van der Waals surface area contributed by atoms with Gasteiger partial charge in [-0.15, -0.1) is 36.6 Å². The van der Waals surface area contributed by atoms with Gasteiger partial charge >= 0.3 is 0 Å². The van der Waals surface area contributed by atoms with Crippen LogP contribution in [0.2, 0.25) is 0 Å². The number of hydrogen-bond acceptors (Lipinski definition) is 3. The first-order valence-electron chi connectivity index (χ1n) is 5.00. The number of nitrogens with one attached hydrogen (secondary N) is 1. The molecule has 2 nitrogen and oxygen atoms in total. The van der Waals surface area contributed by atoms with Crippen LogP contribution >= 0.6 is 36.6 Å². The summed E-state index contributed by atoms with van der Waals surface area (Å²) >= 11 is 1.80. The second-order valence-electron chi connectivity index (χ2n) is 3.44. The molecule has 1 aliphatic heterocycles. The van der Waals surface area contributed by atoms with E-state index in [9.17, 15) is 0 Å². The Morgan fingerprint density at radius 2 is 1.88 bits per heavy atom. The van der Waals surface area contributed by atoms with Crippen molar-refractivity contribution in [3.05, 3.63) is 24.3 Å². The summed E-state index contributed by atoms with van der Waals surface area (Å²) in [4.78, 5) is 3.79. The quantitative estimate of drug-likeness (QED) is 0.839. The lowest BCUT2D eigenvalue weighted by atomic mass is 10.2. The molecule has 0 bridgehead atoms. The van der Waals surface area contributed by atoms with Gasteiger partial charge in [-0.05, 0) is 24.5 Å². The normalized spacial score (nSPS) is 14.9. The fourth-order valence-electron chi connectivity index (χ4n) is 1.73. The summed E-state index contributed by atoms with van der Waals surface area (Å²) in [7, 11) is 0. The van der Waals surface area contributed by atoms with Crippen LogP contribution in [-0.2, 0) is 0 Å². The van der Waals surface area contributed by atoms with Gasteiger partial charge in [-0.25, -0.2) is 0 Å². The molecule has 1 N–H and O–H groups in total. The average Bonchev–Trinajstić information content (AvgIpc) is 2.30. The number of thioether (sulfide) groups is 1. The molecule has 92 valence electrons. The van der Waals surface area contributed by atoms with Gasteiger partial charge in [0.15, 0.2) is 0 Å². The number of hydrogen-bond donors (Lipinski definition) is 1. The minimum atomic E-state index is 0. The molecule has 0 aromatic heterocycles. The summed E-state index contributed by atoms with van der Waals surface area (Å²) in [5.74, 6) is 0. The molecule has 1 aromatic rings. The number of nitrogens with zero attached hydrogens (tertiary/aromatic N) is 1. The SMILES string of the molecule is CSc1cccc(N2CCNCC2)c1.Cl.Cl. The molecular weight excluding hydrogens is 263 g/mol. The average molecular weight is 281 g/mol. The standard InChI is InChI=1S/C11H16N2S.2ClH/c1-14-11-4-2-3-10(9-11)13-7-5-12-6-8-13;;/h2-4,9,12H,5-8H2,1H3;2*1H. The minimum absolute atomic E-state index is 0. The molecule has 16 heavy (non-hydrogen) atoms. The van der Waals surface area contributed by atoms with Crippen LogP contribution in [0.5, 0.6) is 0 Å². The Morgan fingerprint density at radius 1 is 1.19 bits per heavy atom. The van der Waals surface area contributed by atoms with Gasteiger partial charge < -0.3 is 10.2 Å². The monoisotopic (exact) mass is 280 g/mol. The van der Waals surface area contributed by atoms with Crippen LogP contribution in [0.3, 0.4) is 0 Å². The van der Waals surface area contributed by atoms with Crippen LogP contribution in [0.4, 0.5) is 5.69 Å². The van der Waals surface area contributed by atoms with Crippen molar-refractivity contribution in [1.82, 2.24) is 5.32 Å². The highest BCUT2D eigenvalue weighted by Crippen LogP contribution is 2.22. The molecule has 5 heteroatoms. The number of halogens is 2. The third kappa shape index (κ3) is 4.06. The van der Waals surface area contributed by atoms with E-state index in [4.69, 9.17) is 0 Å². The van der Waals surface area contributed by atoms with Crippen molar-refractivity contribution in [3.8, 4) is 0 Å². The van der Waals surface area contributed by atoms with Gasteiger partial charge in [-0.2, -0.15) is 0 Å². The van der Waals surface area contributed by atoms with Gasteiger partial charge in [0, 0.05) is 36.8 Å². The summed E-state index contributed by atoms with van der Waals surface area (Å²) in [6.45, 7) is 4.45. The van der Waals surface area contributed by atoms with Crippen LogP contribution < -0.4 is 10.2 Å². The third-order valence-corrected chi connectivity index (χ3v) is 3.26. The molecule has 1 aliphatic rings. The van der Waals surface area contributed by atoms with Gasteiger partial charge in [0.25, 0.3) is 0 Å². The second-order valence-corrected chi connectivity index (χ2v) is 4.32. The van der Waals surface area contributed by atoms with Crippen LogP contribution in [0.25, 0.3) is 0 Å². The van der Waals surface area contributed by atoms with Crippen molar-refractivity contribution in [2.45, 2.75) is 4.90 Å². The van der Waals surface area contributed by atoms with Crippen molar-refractivity contribution in [3.63, 3.8) is 0 Å². The van der Waals surface area contributed by atoms with E-state index in [0.717, 1.165) is 26.2 Å². The first kappa shape index (κ1) is 15.9. The second kappa shape index (κ2) is 8.07. The summed E-state index contributed by atoms with van der Waals surface area (Å²) in [5.41, 5.74) is 1.36. The Bertz CT molecular complexity index is 304. The van der Waals surface area contributed by atoms with Crippen molar-refractivity contribution in [2.75, 3.05) is 37.3 Å². The van der Waals surface area contributed by atoms with E-state index in [1.165, 1.54) is 10.6 Å². The van der Waals surface area contributed by atoms with Gasteiger partial charge in [-0.1, -0.05) is 6.07 Å². The Labute approximate surface area is 114 Å². The molecule has 1 heterocycles. The molecule has 0 spiro atoms. The highest BCUT2D eigenvalue weighted by Gasteiger charge is 2.09. The zero-order valence-electron chi connectivity index (χ0n) is 9.31. The Kier molecular flexibility index (Phi) is 8.02. The maximum atomic E-state index is 3.37. The summed E-state index contributed by atoms with van der Waals surface area (Å²) in [5, 5.41) is 3.37. The largest absolute Gasteiger partial charge is 0.369 e. The molecule has 1 fully saturated rings. The number of benzene rings is 1. The fraction of sp³-hybridized carbons (Fsp3) is 0.455. The molecule has 2 rings (SSSR count). The molecule has 0 unspecified atom stereocenters. The van der Waals surface area contributed by atoms with E-state index >= 15 is 0 Å². The lowest BCUT2D eigenvalue weighted by Crippen LogP contribution is -2.43. The predicted octanol–water partition coefficient (Wildman–Crippen LogP) is 2.66. The maximum Gasteiger partial charge on any atom is 0.0378 e. The van der Waals surface area contributed by atoms with E-state index in [-0.39, 0.29) is 24.8 Å². The summed E-state index contributed by atoms with van der Waals surface area (Å²) in [6, 6.07) is 8.78. The zero-order chi connectivity index (χ0) is 9.80. The van der Waals surface area contributed by atoms with Gasteiger partial charge in [0.1, 0.15) is 0 Å². The van der Waals surface area contributed by atoms with E-state index in [1.807, 2.05) is 0 Å². The smallest absolute Gasteiger partial charge is 0.0378 e. The highest BCUT2D eigenvalue weighted by molar-refractivity contribution is 7.98. The third-order valence-electron chi connectivity index (χ3n) is 2.54. The molecule has 0 atom stereocenters. The Hall–Kier alpha value is -0.0900.